The van der Waals surface area contributed by atoms with Crippen molar-refractivity contribution in [2.75, 3.05) is 5.32 Å². The van der Waals surface area contributed by atoms with Gasteiger partial charge in [-0.05, 0) is 42.8 Å². The van der Waals surface area contributed by atoms with Crippen molar-refractivity contribution in [1.82, 2.24) is 0 Å². The van der Waals surface area contributed by atoms with Gasteiger partial charge >= 0.3 is 0 Å². The van der Waals surface area contributed by atoms with Crippen LogP contribution in [0.5, 0.6) is 0 Å². The molecule has 0 atom stereocenters. The number of anilines is 1. The van der Waals surface area contributed by atoms with Crippen LogP contribution in [0.1, 0.15) is 15.9 Å². The van der Waals surface area contributed by atoms with E-state index in [1.165, 1.54) is 0 Å². The van der Waals surface area contributed by atoms with Crippen LogP contribution in [0.4, 0.5) is 5.69 Å². The molecule has 2 aromatic carbocycles. The van der Waals surface area contributed by atoms with Gasteiger partial charge in [0.1, 0.15) is 0 Å². The molecular formula is C14H10BrCl2NO. The fourth-order valence-electron chi connectivity index (χ4n) is 1.62. The minimum absolute atomic E-state index is 0.245. The molecule has 0 saturated heterocycles. The maximum atomic E-state index is 12.1. The standard InChI is InChI=1S/C14H10BrCl2NO/c1-8-12(15)3-2-4-13(8)18-14(19)9-5-10(16)7-11(17)6-9/h2-7H,1H3,(H,18,19). The monoisotopic (exact) mass is 357 g/mol. The van der Waals surface area contributed by atoms with Gasteiger partial charge in [0, 0.05) is 25.8 Å². The van der Waals surface area contributed by atoms with E-state index in [4.69, 9.17) is 23.2 Å². The lowest BCUT2D eigenvalue weighted by molar-refractivity contribution is 0.102. The highest BCUT2D eigenvalue weighted by Crippen LogP contribution is 2.25. The molecule has 2 nitrogen and oxygen atoms in total. The van der Waals surface area contributed by atoms with E-state index in [-0.39, 0.29) is 5.91 Å². The van der Waals surface area contributed by atoms with Crippen molar-refractivity contribution in [3.05, 3.63) is 62.0 Å². The third-order valence-corrected chi connectivity index (χ3v) is 3.94. The van der Waals surface area contributed by atoms with Crippen LogP contribution in [0.15, 0.2) is 40.9 Å². The summed E-state index contributed by atoms with van der Waals surface area (Å²) in [6.45, 7) is 1.92. The molecule has 0 bridgehead atoms. The molecule has 0 spiro atoms. The zero-order valence-corrected chi connectivity index (χ0v) is 13.1. The number of benzene rings is 2. The Kier molecular flexibility index (Phi) is 4.50. The summed E-state index contributed by atoms with van der Waals surface area (Å²) in [5, 5.41) is 3.70. The first-order valence-electron chi connectivity index (χ1n) is 5.50. The van der Waals surface area contributed by atoms with Gasteiger partial charge in [-0.1, -0.05) is 45.2 Å². The molecule has 0 fully saturated rings. The van der Waals surface area contributed by atoms with E-state index in [2.05, 4.69) is 21.2 Å². The van der Waals surface area contributed by atoms with Gasteiger partial charge < -0.3 is 5.32 Å². The summed E-state index contributed by atoms with van der Waals surface area (Å²) in [4.78, 5) is 12.1. The largest absolute Gasteiger partial charge is 0.322 e. The number of hydrogen-bond acceptors (Lipinski definition) is 1. The van der Waals surface area contributed by atoms with E-state index >= 15 is 0 Å². The van der Waals surface area contributed by atoms with Crippen LogP contribution in [0, 0.1) is 6.92 Å². The number of rotatable bonds is 2. The van der Waals surface area contributed by atoms with E-state index in [0.717, 1.165) is 15.7 Å². The zero-order chi connectivity index (χ0) is 14.0. The van der Waals surface area contributed by atoms with Crippen molar-refractivity contribution in [3.8, 4) is 0 Å². The molecule has 19 heavy (non-hydrogen) atoms. The van der Waals surface area contributed by atoms with Gasteiger partial charge in [0.15, 0.2) is 0 Å². The molecule has 0 aliphatic rings. The van der Waals surface area contributed by atoms with E-state index < -0.39 is 0 Å². The molecular weight excluding hydrogens is 349 g/mol. The van der Waals surface area contributed by atoms with Crippen LogP contribution in [0.25, 0.3) is 0 Å². The molecule has 2 aromatic rings. The Morgan fingerprint density at radius 1 is 1.16 bits per heavy atom. The second kappa shape index (κ2) is 5.95. The molecule has 98 valence electrons. The van der Waals surface area contributed by atoms with Crippen LogP contribution < -0.4 is 5.32 Å². The van der Waals surface area contributed by atoms with Crippen molar-refractivity contribution in [1.29, 1.82) is 0 Å². The first kappa shape index (κ1) is 14.4. The Hall–Kier alpha value is -1.03. The van der Waals surface area contributed by atoms with Crippen LogP contribution in [-0.2, 0) is 0 Å². The number of carbonyl (C=O) groups is 1. The Balaban J connectivity index is 2.28. The van der Waals surface area contributed by atoms with Crippen molar-refractivity contribution in [2.45, 2.75) is 6.92 Å². The molecule has 0 saturated carbocycles. The molecule has 0 aromatic heterocycles. The fourth-order valence-corrected chi connectivity index (χ4v) is 2.51. The fraction of sp³-hybridized carbons (Fsp3) is 0.0714. The molecule has 0 heterocycles. The van der Waals surface area contributed by atoms with E-state index in [9.17, 15) is 4.79 Å². The maximum Gasteiger partial charge on any atom is 0.255 e. The summed E-state index contributed by atoms with van der Waals surface area (Å²) in [7, 11) is 0. The molecule has 0 aliphatic carbocycles. The van der Waals surface area contributed by atoms with Crippen LogP contribution in [0.3, 0.4) is 0 Å². The summed E-state index contributed by atoms with van der Waals surface area (Å²) < 4.78 is 0.939. The average molecular weight is 359 g/mol. The number of hydrogen-bond donors (Lipinski definition) is 1. The molecule has 2 rings (SSSR count). The Morgan fingerprint density at radius 3 is 2.42 bits per heavy atom. The van der Waals surface area contributed by atoms with Gasteiger partial charge in [0.2, 0.25) is 0 Å². The van der Waals surface area contributed by atoms with Crippen LogP contribution in [0.2, 0.25) is 10.0 Å². The summed E-state index contributed by atoms with van der Waals surface area (Å²) in [5.41, 5.74) is 2.14. The van der Waals surface area contributed by atoms with Crippen molar-refractivity contribution >= 4 is 50.7 Å². The van der Waals surface area contributed by atoms with Crippen molar-refractivity contribution in [2.24, 2.45) is 0 Å². The molecule has 1 amide bonds. The Morgan fingerprint density at radius 2 is 1.79 bits per heavy atom. The molecule has 0 aliphatic heterocycles. The smallest absolute Gasteiger partial charge is 0.255 e. The predicted molar refractivity (Wildman–Crippen MR) is 83.3 cm³/mol. The summed E-state index contributed by atoms with van der Waals surface area (Å²) in [6.07, 6.45) is 0. The minimum atomic E-state index is -0.245. The highest BCUT2D eigenvalue weighted by Gasteiger charge is 2.10. The number of nitrogens with one attached hydrogen (secondary N) is 1. The van der Waals surface area contributed by atoms with Gasteiger partial charge in [-0.25, -0.2) is 0 Å². The van der Waals surface area contributed by atoms with E-state index in [1.54, 1.807) is 18.2 Å². The average Bonchev–Trinajstić information content (AvgIpc) is 2.33. The first-order valence-corrected chi connectivity index (χ1v) is 7.05. The normalized spacial score (nSPS) is 10.3. The quantitative estimate of drug-likeness (QED) is 0.773. The third kappa shape index (κ3) is 3.50. The zero-order valence-electron chi connectivity index (χ0n) is 10.0. The van der Waals surface area contributed by atoms with Gasteiger partial charge in [-0.2, -0.15) is 0 Å². The van der Waals surface area contributed by atoms with Crippen molar-refractivity contribution < 1.29 is 4.79 Å². The minimum Gasteiger partial charge on any atom is -0.322 e. The third-order valence-electron chi connectivity index (χ3n) is 2.64. The van der Waals surface area contributed by atoms with Crippen LogP contribution in [-0.4, -0.2) is 5.91 Å². The summed E-state index contributed by atoms with van der Waals surface area (Å²) in [6, 6.07) is 10.4. The lowest BCUT2D eigenvalue weighted by Crippen LogP contribution is -2.12. The highest BCUT2D eigenvalue weighted by molar-refractivity contribution is 9.10. The molecule has 0 radical (unpaired) electrons. The lowest BCUT2D eigenvalue weighted by atomic mass is 10.1. The molecule has 5 heteroatoms. The van der Waals surface area contributed by atoms with E-state index in [0.29, 0.717) is 15.6 Å². The van der Waals surface area contributed by atoms with Gasteiger partial charge in [0.05, 0.1) is 0 Å². The van der Waals surface area contributed by atoms with Crippen LogP contribution >= 0.6 is 39.1 Å². The summed E-state index contributed by atoms with van der Waals surface area (Å²) >= 11 is 15.2. The lowest BCUT2D eigenvalue weighted by Gasteiger charge is -2.10. The predicted octanol–water partition coefficient (Wildman–Crippen LogP) is 5.32. The molecule has 0 unspecified atom stereocenters. The summed E-state index contributed by atoms with van der Waals surface area (Å²) in [5.74, 6) is -0.245. The van der Waals surface area contributed by atoms with Gasteiger partial charge in [-0.3, -0.25) is 4.79 Å². The number of halogens is 3. The van der Waals surface area contributed by atoms with Gasteiger partial charge in [0.25, 0.3) is 5.91 Å². The Labute approximate surface area is 129 Å². The Bertz CT molecular complexity index is 623. The number of carbonyl (C=O) groups excluding carboxylic acids is 1. The van der Waals surface area contributed by atoms with Gasteiger partial charge in [-0.15, -0.1) is 0 Å². The highest BCUT2D eigenvalue weighted by atomic mass is 79.9. The second-order valence-corrected chi connectivity index (χ2v) is 5.75. The SMILES string of the molecule is Cc1c(Br)cccc1NC(=O)c1cc(Cl)cc(Cl)c1. The molecule has 1 N–H and O–H groups in total. The maximum absolute atomic E-state index is 12.1. The van der Waals surface area contributed by atoms with E-state index in [1.807, 2.05) is 25.1 Å². The number of amides is 1. The second-order valence-electron chi connectivity index (χ2n) is 4.02. The first-order chi connectivity index (χ1) is 8.97. The topological polar surface area (TPSA) is 29.1 Å². The van der Waals surface area contributed by atoms with Crippen molar-refractivity contribution in [3.63, 3.8) is 0 Å².